The molecular weight excluding hydrogens is 460 g/mol. The van der Waals surface area contributed by atoms with E-state index >= 15 is 0 Å². The third-order valence-corrected chi connectivity index (χ3v) is 5.79. The number of thiazole rings is 1. The van der Waals surface area contributed by atoms with Gasteiger partial charge in [-0.1, -0.05) is 0 Å². The largest absolute Gasteiger partial charge is 0.478 e. The zero-order valence-corrected chi connectivity index (χ0v) is 19.7. The standard InChI is InChI=1S/C22H24N6O5S/c1-4-24-22(32)28-17-8-15(16(11-26-17)13-7-14(21(30)31)10-23-9-13)20-27-12(2)18(34-20)19(29)25-5-6-33-3/h7-11H,4-6H2,1-3H3,(H,25,29)(H,30,31)(H2,24,26,28,32). The van der Waals surface area contributed by atoms with Crippen molar-refractivity contribution in [1.82, 2.24) is 25.6 Å². The molecule has 0 saturated carbocycles. The number of carbonyl (C=O) groups excluding carboxylic acids is 2. The summed E-state index contributed by atoms with van der Waals surface area (Å²) in [4.78, 5) is 49.3. The van der Waals surface area contributed by atoms with Crippen molar-refractivity contribution in [3.8, 4) is 21.7 Å². The van der Waals surface area contributed by atoms with Crippen LogP contribution in [0, 0.1) is 6.92 Å². The Bertz CT molecular complexity index is 1210. The minimum absolute atomic E-state index is 0.0153. The van der Waals surface area contributed by atoms with Gasteiger partial charge in [-0.15, -0.1) is 11.3 Å². The minimum Gasteiger partial charge on any atom is -0.478 e. The highest BCUT2D eigenvalue weighted by atomic mass is 32.1. The normalized spacial score (nSPS) is 10.6. The van der Waals surface area contributed by atoms with Crippen LogP contribution in [0.25, 0.3) is 21.7 Å². The van der Waals surface area contributed by atoms with Gasteiger partial charge in [0.2, 0.25) is 0 Å². The minimum atomic E-state index is -1.11. The van der Waals surface area contributed by atoms with Gasteiger partial charge in [0, 0.05) is 55.5 Å². The summed E-state index contributed by atoms with van der Waals surface area (Å²) in [7, 11) is 1.55. The Morgan fingerprint density at radius 2 is 1.91 bits per heavy atom. The number of nitrogens with one attached hydrogen (secondary N) is 3. The number of carboxylic acids is 1. The van der Waals surface area contributed by atoms with Gasteiger partial charge in [-0.25, -0.2) is 19.6 Å². The van der Waals surface area contributed by atoms with Crippen molar-refractivity contribution < 1.29 is 24.2 Å². The Hall–Kier alpha value is -3.90. The number of hydrogen-bond donors (Lipinski definition) is 4. The van der Waals surface area contributed by atoms with E-state index in [1.165, 1.54) is 36.0 Å². The van der Waals surface area contributed by atoms with E-state index < -0.39 is 12.0 Å². The second-order valence-electron chi connectivity index (χ2n) is 7.05. The van der Waals surface area contributed by atoms with Gasteiger partial charge in [-0.3, -0.25) is 15.1 Å². The number of anilines is 1. The third kappa shape index (κ3) is 5.91. The van der Waals surface area contributed by atoms with Crippen LogP contribution in [0.2, 0.25) is 0 Å². The topological polar surface area (TPSA) is 155 Å². The molecule has 0 fully saturated rings. The second-order valence-corrected chi connectivity index (χ2v) is 8.05. The van der Waals surface area contributed by atoms with E-state index in [1.807, 2.05) is 0 Å². The first-order chi connectivity index (χ1) is 16.3. The van der Waals surface area contributed by atoms with Gasteiger partial charge >= 0.3 is 12.0 Å². The Kier molecular flexibility index (Phi) is 8.22. The SMILES string of the molecule is CCNC(=O)Nc1cc(-c2nc(C)c(C(=O)NCCOC)s2)c(-c2cncc(C(=O)O)c2)cn1. The van der Waals surface area contributed by atoms with E-state index in [1.54, 1.807) is 27.0 Å². The van der Waals surface area contributed by atoms with E-state index in [4.69, 9.17) is 4.74 Å². The maximum absolute atomic E-state index is 12.6. The molecule has 3 aromatic rings. The number of carboxylic acid groups (broad SMARTS) is 1. The van der Waals surface area contributed by atoms with Crippen LogP contribution in [0.1, 0.15) is 32.6 Å². The molecule has 0 aromatic carbocycles. The van der Waals surface area contributed by atoms with Gasteiger partial charge in [0.25, 0.3) is 5.91 Å². The first-order valence-corrected chi connectivity index (χ1v) is 11.1. The number of hydrogen-bond acceptors (Lipinski definition) is 8. The maximum atomic E-state index is 12.6. The van der Waals surface area contributed by atoms with Crippen LogP contribution in [0.3, 0.4) is 0 Å². The summed E-state index contributed by atoms with van der Waals surface area (Å²) < 4.78 is 4.96. The Labute approximate surface area is 199 Å². The Balaban J connectivity index is 2.07. The van der Waals surface area contributed by atoms with E-state index in [0.717, 1.165) is 0 Å². The molecule has 4 N–H and O–H groups in total. The molecule has 34 heavy (non-hydrogen) atoms. The lowest BCUT2D eigenvalue weighted by atomic mass is 10.0. The lowest BCUT2D eigenvalue weighted by molar-refractivity contribution is 0.0696. The second kappa shape index (κ2) is 11.3. The summed E-state index contributed by atoms with van der Waals surface area (Å²) >= 11 is 1.18. The molecule has 12 heteroatoms. The molecule has 0 aliphatic carbocycles. The highest BCUT2D eigenvalue weighted by Crippen LogP contribution is 2.36. The quantitative estimate of drug-likeness (QED) is 0.338. The lowest BCUT2D eigenvalue weighted by Gasteiger charge is -2.11. The van der Waals surface area contributed by atoms with Crippen LogP contribution in [0.4, 0.5) is 10.6 Å². The van der Waals surface area contributed by atoms with Crippen molar-refractivity contribution in [2.75, 3.05) is 32.1 Å². The lowest BCUT2D eigenvalue weighted by Crippen LogP contribution is -2.28. The van der Waals surface area contributed by atoms with Gasteiger partial charge in [0.15, 0.2) is 0 Å². The average Bonchev–Trinajstić information content (AvgIpc) is 3.21. The van der Waals surface area contributed by atoms with Crippen LogP contribution in [-0.2, 0) is 4.74 Å². The number of amides is 3. The summed E-state index contributed by atoms with van der Waals surface area (Å²) in [5.74, 6) is -1.12. The number of urea groups is 1. The summed E-state index contributed by atoms with van der Waals surface area (Å²) in [6.45, 7) is 4.70. The molecular formula is C22H24N6O5S. The molecule has 3 rings (SSSR count). The fourth-order valence-electron chi connectivity index (χ4n) is 3.03. The molecule has 0 bridgehead atoms. The van der Waals surface area contributed by atoms with Crippen LogP contribution >= 0.6 is 11.3 Å². The zero-order valence-electron chi connectivity index (χ0n) is 18.8. The number of methoxy groups -OCH3 is 1. The Morgan fingerprint density at radius 1 is 1.12 bits per heavy atom. The number of rotatable bonds is 9. The number of ether oxygens (including phenoxy) is 1. The smallest absolute Gasteiger partial charge is 0.337 e. The van der Waals surface area contributed by atoms with Crippen molar-refractivity contribution in [3.63, 3.8) is 0 Å². The van der Waals surface area contributed by atoms with E-state index in [-0.39, 0.29) is 17.3 Å². The number of nitrogens with zero attached hydrogens (tertiary/aromatic N) is 3. The highest BCUT2D eigenvalue weighted by Gasteiger charge is 2.20. The van der Waals surface area contributed by atoms with Crippen LogP contribution < -0.4 is 16.0 Å². The molecule has 11 nitrogen and oxygen atoms in total. The van der Waals surface area contributed by atoms with Gasteiger partial charge in [-0.2, -0.15) is 0 Å². The van der Waals surface area contributed by atoms with Gasteiger partial charge in [0.05, 0.1) is 17.9 Å². The van der Waals surface area contributed by atoms with Gasteiger partial charge in [-0.05, 0) is 26.0 Å². The fraction of sp³-hybridized carbons (Fsp3) is 0.273. The van der Waals surface area contributed by atoms with Crippen molar-refractivity contribution >= 4 is 35.1 Å². The van der Waals surface area contributed by atoms with E-state index in [2.05, 4.69) is 30.9 Å². The van der Waals surface area contributed by atoms with Crippen molar-refractivity contribution in [3.05, 3.63) is 46.9 Å². The average molecular weight is 485 g/mol. The zero-order chi connectivity index (χ0) is 24.7. The monoisotopic (exact) mass is 484 g/mol. The molecule has 178 valence electrons. The molecule has 0 atom stereocenters. The first-order valence-electron chi connectivity index (χ1n) is 10.3. The van der Waals surface area contributed by atoms with Crippen LogP contribution in [0.15, 0.2) is 30.7 Å². The van der Waals surface area contributed by atoms with Crippen molar-refractivity contribution in [2.45, 2.75) is 13.8 Å². The van der Waals surface area contributed by atoms with E-state index in [0.29, 0.717) is 52.0 Å². The Morgan fingerprint density at radius 3 is 2.62 bits per heavy atom. The highest BCUT2D eigenvalue weighted by molar-refractivity contribution is 7.17. The molecule has 0 aliphatic heterocycles. The fourth-order valence-corrected chi connectivity index (χ4v) is 4.04. The van der Waals surface area contributed by atoms with E-state index in [9.17, 15) is 19.5 Å². The number of aromatic carboxylic acids is 1. The molecule has 0 aliphatic rings. The predicted molar refractivity (Wildman–Crippen MR) is 127 cm³/mol. The third-order valence-electron chi connectivity index (χ3n) is 4.60. The molecule has 0 saturated heterocycles. The maximum Gasteiger partial charge on any atom is 0.337 e. The van der Waals surface area contributed by atoms with Crippen molar-refractivity contribution in [1.29, 1.82) is 0 Å². The number of carbonyl (C=O) groups is 3. The summed E-state index contributed by atoms with van der Waals surface area (Å²) in [5.41, 5.74) is 2.17. The summed E-state index contributed by atoms with van der Waals surface area (Å²) in [5, 5.41) is 17.9. The predicted octanol–water partition coefficient (Wildman–Crippen LogP) is 2.79. The van der Waals surface area contributed by atoms with Gasteiger partial charge in [0.1, 0.15) is 15.7 Å². The molecule has 3 aromatic heterocycles. The molecule has 3 amide bonds. The molecule has 0 unspecified atom stereocenters. The van der Waals surface area contributed by atoms with Crippen LogP contribution in [0.5, 0.6) is 0 Å². The molecule has 0 spiro atoms. The number of pyridine rings is 2. The summed E-state index contributed by atoms with van der Waals surface area (Å²) in [6.07, 6.45) is 4.28. The number of aryl methyl sites for hydroxylation is 1. The first kappa shape index (κ1) is 24.7. The number of aromatic nitrogens is 3. The summed E-state index contributed by atoms with van der Waals surface area (Å²) in [6, 6.07) is 2.69. The van der Waals surface area contributed by atoms with Gasteiger partial charge < -0.3 is 20.5 Å². The van der Waals surface area contributed by atoms with Crippen LogP contribution in [-0.4, -0.2) is 64.8 Å². The molecule has 3 heterocycles. The molecule has 0 radical (unpaired) electrons. The van der Waals surface area contributed by atoms with Crippen molar-refractivity contribution in [2.24, 2.45) is 0 Å².